The molecule has 4 nitrogen and oxygen atoms in total. The normalized spacial score (nSPS) is 12.8. The Hall–Kier alpha value is 0.120. The van der Waals surface area contributed by atoms with E-state index in [-0.39, 0.29) is 18.9 Å². The summed E-state index contributed by atoms with van der Waals surface area (Å²) >= 11 is 1.73. The number of rotatable bonds is 3. The van der Waals surface area contributed by atoms with Crippen molar-refractivity contribution in [2.45, 2.75) is 12.5 Å². The van der Waals surface area contributed by atoms with Crippen molar-refractivity contribution in [3.63, 3.8) is 0 Å². The van der Waals surface area contributed by atoms with E-state index in [0.29, 0.717) is 0 Å². The van der Waals surface area contributed by atoms with Gasteiger partial charge in [0.05, 0.1) is 29.5 Å². The lowest BCUT2D eigenvalue weighted by molar-refractivity contribution is -0.119. The van der Waals surface area contributed by atoms with E-state index in [4.69, 9.17) is 10.8 Å². The molecule has 0 radical (unpaired) electrons. The van der Waals surface area contributed by atoms with Crippen LogP contribution in [0.3, 0.4) is 0 Å². The zero-order valence-electron chi connectivity index (χ0n) is 4.80. The van der Waals surface area contributed by atoms with Crippen molar-refractivity contribution in [2.75, 3.05) is 6.61 Å². The first-order chi connectivity index (χ1) is 4.20. The van der Waals surface area contributed by atoms with Gasteiger partial charge >= 0.3 is 0 Å². The quantitative estimate of drug-likeness (QED) is 0.447. The van der Waals surface area contributed by atoms with Crippen molar-refractivity contribution in [2.24, 2.45) is 5.73 Å². The number of halogens is 1. The minimum atomic E-state index is -0.431. The standard InChI is InChI=1S/C4H9IN2O2/c5-7-4(9)1-3(6)2-8/h3,8H,1-2,6H2,(H,7,9)/t3-/m0/s1. The van der Waals surface area contributed by atoms with Gasteiger partial charge in [0, 0.05) is 12.5 Å². The number of carbonyl (C=O) groups is 1. The van der Waals surface area contributed by atoms with Gasteiger partial charge in [0.2, 0.25) is 5.91 Å². The highest BCUT2D eigenvalue weighted by Crippen LogP contribution is 1.87. The van der Waals surface area contributed by atoms with Gasteiger partial charge in [-0.3, -0.25) is 8.32 Å². The Morgan fingerprint density at radius 2 is 2.44 bits per heavy atom. The van der Waals surface area contributed by atoms with Gasteiger partial charge in [-0.05, 0) is 0 Å². The zero-order chi connectivity index (χ0) is 7.28. The van der Waals surface area contributed by atoms with Crippen LogP contribution in [0.1, 0.15) is 6.42 Å². The summed E-state index contributed by atoms with van der Waals surface area (Å²) in [4.78, 5) is 10.5. The van der Waals surface area contributed by atoms with Crippen LogP contribution in [0.4, 0.5) is 0 Å². The van der Waals surface area contributed by atoms with E-state index >= 15 is 0 Å². The highest BCUT2D eigenvalue weighted by Gasteiger charge is 2.05. The van der Waals surface area contributed by atoms with Crippen molar-refractivity contribution in [1.29, 1.82) is 0 Å². The number of aliphatic hydroxyl groups excluding tert-OH is 1. The lowest BCUT2D eigenvalue weighted by atomic mass is 10.2. The number of carbonyl (C=O) groups excluding carboxylic acids is 1. The van der Waals surface area contributed by atoms with Gasteiger partial charge in [0.1, 0.15) is 0 Å². The first-order valence-electron chi connectivity index (χ1n) is 2.46. The highest BCUT2D eigenvalue weighted by atomic mass is 127. The Balaban J connectivity index is 3.34. The van der Waals surface area contributed by atoms with Crippen LogP contribution < -0.4 is 9.26 Å². The van der Waals surface area contributed by atoms with Crippen LogP contribution in [0.2, 0.25) is 0 Å². The molecule has 0 aromatic rings. The first kappa shape index (κ1) is 9.12. The summed E-state index contributed by atoms with van der Waals surface area (Å²) in [5, 5.41) is 8.37. The fourth-order valence-electron chi connectivity index (χ4n) is 0.341. The molecule has 0 unspecified atom stereocenters. The molecule has 4 N–H and O–H groups in total. The topological polar surface area (TPSA) is 75.3 Å². The maximum Gasteiger partial charge on any atom is 0.230 e. The van der Waals surface area contributed by atoms with Gasteiger partial charge in [-0.15, -0.1) is 0 Å². The molecular weight excluding hydrogens is 235 g/mol. The number of hydrogen-bond acceptors (Lipinski definition) is 3. The third-order valence-electron chi connectivity index (χ3n) is 0.787. The Kier molecular flexibility index (Phi) is 5.02. The molecule has 5 heteroatoms. The second-order valence-electron chi connectivity index (χ2n) is 1.66. The summed E-state index contributed by atoms with van der Waals surface area (Å²) in [5.74, 6) is -0.155. The van der Waals surface area contributed by atoms with Crippen molar-refractivity contribution in [3.8, 4) is 0 Å². The Labute approximate surface area is 67.3 Å². The van der Waals surface area contributed by atoms with Gasteiger partial charge in [0.15, 0.2) is 0 Å². The molecule has 9 heavy (non-hydrogen) atoms. The largest absolute Gasteiger partial charge is 0.395 e. The van der Waals surface area contributed by atoms with Crippen LogP contribution >= 0.6 is 22.9 Å². The summed E-state index contributed by atoms with van der Waals surface area (Å²) in [6.07, 6.45) is 0.180. The molecule has 1 amide bonds. The number of nitrogens with one attached hydrogen (secondary N) is 1. The predicted octanol–water partition coefficient (Wildman–Crippen LogP) is -0.838. The first-order valence-corrected chi connectivity index (χ1v) is 3.54. The van der Waals surface area contributed by atoms with E-state index in [0.717, 1.165) is 0 Å². The van der Waals surface area contributed by atoms with Crippen molar-refractivity contribution in [3.05, 3.63) is 0 Å². The summed E-state index contributed by atoms with van der Waals surface area (Å²) in [6, 6.07) is -0.431. The monoisotopic (exact) mass is 244 g/mol. The number of nitrogens with two attached hydrogens (primary N) is 1. The molecule has 0 aromatic heterocycles. The van der Waals surface area contributed by atoms with Gasteiger partial charge in [0.25, 0.3) is 0 Å². The van der Waals surface area contributed by atoms with Crippen molar-refractivity contribution >= 4 is 28.8 Å². The molecule has 0 saturated carbocycles. The molecule has 0 fully saturated rings. The second kappa shape index (κ2) is 4.95. The summed E-state index contributed by atoms with van der Waals surface area (Å²) in [6.45, 7) is -0.149. The number of hydrogen-bond donors (Lipinski definition) is 3. The predicted molar refractivity (Wildman–Crippen MR) is 41.8 cm³/mol. The van der Waals surface area contributed by atoms with Crippen LogP contribution in [-0.2, 0) is 4.79 Å². The molecule has 0 bridgehead atoms. The lowest BCUT2D eigenvalue weighted by Gasteiger charge is -2.03. The Morgan fingerprint density at radius 3 is 2.78 bits per heavy atom. The van der Waals surface area contributed by atoms with E-state index in [2.05, 4.69) is 3.53 Å². The van der Waals surface area contributed by atoms with E-state index in [9.17, 15) is 4.79 Å². The van der Waals surface area contributed by atoms with Gasteiger partial charge < -0.3 is 10.8 Å². The molecule has 0 aromatic carbocycles. The summed E-state index contributed by atoms with van der Waals surface area (Å²) < 4.78 is 2.37. The molecule has 0 heterocycles. The maximum absolute atomic E-state index is 10.5. The number of aliphatic hydroxyl groups is 1. The fraction of sp³-hybridized carbons (Fsp3) is 0.750. The van der Waals surface area contributed by atoms with E-state index < -0.39 is 6.04 Å². The molecule has 0 spiro atoms. The van der Waals surface area contributed by atoms with E-state index in [1.165, 1.54) is 0 Å². The van der Waals surface area contributed by atoms with Gasteiger partial charge in [-0.1, -0.05) is 0 Å². The molecule has 1 atom stereocenters. The van der Waals surface area contributed by atoms with Crippen LogP contribution in [0.5, 0.6) is 0 Å². The maximum atomic E-state index is 10.5. The molecule has 0 saturated heterocycles. The average molecular weight is 244 g/mol. The smallest absolute Gasteiger partial charge is 0.230 e. The second-order valence-corrected chi connectivity index (χ2v) is 2.20. The molecule has 0 aliphatic rings. The van der Waals surface area contributed by atoms with Crippen LogP contribution in [-0.4, -0.2) is 23.7 Å². The van der Waals surface area contributed by atoms with Crippen LogP contribution in [0, 0.1) is 0 Å². The van der Waals surface area contributed by atoms with Crippen molar-refractivity contribution < 1.29 is 9.90 Å². The Morgan fingerprint density at radius 1 is 1.89 bits per heavy atom. The average Bonchev–Trinajstić information content (AvgIpc) is 1.87. The third-order valence-corrected chi connectivity index (χ3v) is 1.39. The number of amides is 1. The van der Waals surface area contributed by atoms with Gasteiger partial charge in [-0.25, -0.2) is 0 Å². The van der Waals surface area contributed by atoms with E-state index in [1.54, 1.807) is 22.9 Å². The molecular formula is C4H9IN2O2. The highest BCUT2D eigenvalue weighted by molar-refractivity contribution is 14.1. The molecule has 0 aliphatic heterocycles. The van der Waals surface area contributed by atoms with Crippen LogP contribution in [0.25, 0.3) is 0 Å². The zero-order valence-corrected chi connectivity index (χ0v) is 6.96. The third kappa shape index (κ3) is 4.61. The van der Waals surface area contributed by atoms with Gasteiger partial charge in [-0.2, -0.15) is 0 Å². The SMILES string of the molecule is N[C@H](CO)CC(=O)NI. The van der Waals surface area contributed by atoms with Crippen molar-refractivity contribution in [1.82, 2.24) is 3.53 Å². The Bertz CT molecular complexity index is 98.6. The summed E-state index contributed by atoms with van der Waals surface area (Å²) in [7, 11) is 0. The minimum absolute atomic E-state index is 0.149. The molecule has 54 valence electrons. The summed E-state index contributed by atoms with van der Waals surface area (Å²) in [5.41, 5.74) is 5.24. The van der Waals surface area contributed by atoms with E-state index in [1.807, 2.05) is 0 Å². The van der Waals surface area contributed by atoms with Crippen LogP contribution in [0.15, 0.2) is 0 Å². The molecule has 0 aliphatic carbocycles. The lowest BCUT2D eigenvalue weighted by Crippen LogP contribution is -2.30. The molecule has 0 rings (SSSR count). The minimum Gasteiger partial charge on any atom is -0.395 e. The fourth-order valence-corrected chi connectivity index (χ4v) is 0.561.